The van der Waals surface area contributed by atoms with Crippen molar-refractivity contribution in [1.82, 2.24) is 14.1 Å². The zero-order valence-corrected chi connectivity index (χ0v) is 12.3. The molecule has 0 aliphatic carbocycles. The molecule has 0 fully saturated rings. The van der Waals surface area contributed by atoms with Gasteiger partial charge < -0.3 is 4.98 Å². The molecule has 3 rings (SSSR count). The van der Waals surface area contributed by atoms with E-state index in [0.717, 1.165) is 10.1 Å². The minimum Gasteiger partial charge on any atom is -0.307 e. The molecule has 0 saturated heterocycles. The molecule has 0 radical (unpaired) electrons. The van der Waals surface area contributed by atoms with Crippen LogP contribution in [0.2, 0.25) is 0 Å². The van der Waals surface area contributed by atoms with E-state index >= 15 is 0 Å². The lowest BCUT2D eigenvalue weighted by atomic mass is 10.1. The van der Waals surface area contributed by atoms with Crippen LogP contribution < -0.4 is 16.8 Å². The molecular formula is C16H15N3O3. The first kappa shape index (κ1) is 14.1. The highest BCUT2D eigenvalue weighted by Gasteiger charge is 2.12. The van der Waals surface area contributed by atoms with Gasteiger partial charge in [0.2, 0.25) is 0 Å². The van der Waals surface area contributed by atoms with Crippen molar-refractivity contribution in [3.63, 3.8) is 0 Å². The number of aromatic amines is 1. The van der Waals surface area contributed by atoms with Crippen LogP contribution in [0, 0.1) is 0 Å². The van der Waals surface area contributed by atoms with E-state index in [9.17, 15) is 14.4 Å². The summed E-state index contributed by atoms with van der Waals surface area (Å²) in [6, 6.07) is 11.1. The highest BCUT2D eigenvalue weighted by molar-refractivity contribution is 5.74. The van der Waals surface area contributed by atoms with Gasteiger partial charge in [0.1, 0.15) is 5.65 Å². The number of pyridine rings is 1. The Bertz CT molecular complexity index is 1030. The monoisotopic (exact) mass is 297 g/mol. The summed E-state index contributed by atoms with van der Waals surface area (Å²) >= 11 is 0. The maximum absolute atomic E-state index is 12.2. The highest BCUT2D eigenvalue weighted by atomic mass is 16.2. The van der Waals surface area contributed by atoms with Crippen molar-refractivity contribution in [2.45, 2.75) is 6.42 Å². The van der Waals surface area contributed by atoms with Gasteiger partial charge >= 0.3 is 5.69 Å². The van der Waals surface area contributed by atoms with Crippen molar-refractivity contribution in [3.8, 4) is 0 Å². The summed E-state index contributed by atoms with van der Waals surface area (Å²) in [6.07, 6.45) is 0.429. The Labute approximate surface area is 125 Å². The summed E-state index contributed by atoms with van der Waals surface area (Å²) in [5.74, 6) is 0. The van der Waals surface area contributed by atoms with Crippen LogP contribution in [0.5, 0.6) is 0 Å². The summed E-state index contributed by atoms with van der Waals surface area (Å²) in [5, 5.41) is 0.329. The molecule has 6 heteroatoms. The maximum atomic E-state index is 12.2. The van der Waals surface area contributed by atoms with Gasteiger partial charge in [-0.15, -0.1) is 0 Å². The predicted molar refractivity (Wildman–Crippen MR) is 84.3 cm³/mol. The van der Waals surface area contributed by atoms with E-state index in [1.807, 2.05) is 30.3 Å². The first-order valence-electron chi connectivity index (χ1n) is 6.85. The van der Waals surface area contributed by atoms with E-state index in [0.29, 0.717) is 17.4 Å². The SMILES string of the molecule is Cn1c(=O)c2cc(Cc3ccccc3)c(=O)[nH]c2n(C)c1=O. The average Bonchev–Trinajstić information content (AvgIpc) is 2.53. The molecule has 2 heterocycles. The standard InChI is InChI=1S/C16H15N3O3/c1-18-13-12(15(21)19(2)16(18)22)9-11(14(20)17-13)8-10-6-4-3-5-7-10/h3-7,9H,8H2,1-2H3,(H,17,20). The Kier molecular flexibility index (Phi) is 3.29. The largest absolute Gasteiger partial charge is 0.332 e. The lowest BCUT2D eigenvalue weighted by molar-refractivity contribution is 0.706. The minimum absolute atomic E-state index is 0.245. The van der Waals surface area contributed by atoms with Crippen LogP contribution in [0.4, 0.5) is 0 Å². The van der Waals surface area contributed by atoms with Gasteiger partial charge in [-0.25, -0.2) is 4.79 Å². The average molecular weight is 297 g/mol. The molecule has 2 aromatic heterocycles. The van der Waals surface area contributed by atoms with Gasteiger partial charge in [0, 0.05) is 26.1 Å². The van der Waals surface area contributed by atoms with Crippen LogP contribution >= 0.6 is 0 Å². The number of hydrogen-bond donors (Lipinski definition) is 1. The van der Waals surface area contributed by atoms with E-state index in [1.54, 1.807) is 6.07 Å². The number of H-pyrrole nitrogens is 1. The van der Waals surface area contributed by atoms with E-state index in [2.05, 4.69) is 4.98 Å². The number of nitrogens with one attached hydrogen (secondary N) is 1. The van der Waals surface area contributed by atoms with Gasteiger partial charge in [-0.05, 0) is 11.6 Å². The third-order valence-electron chi connectivity index (χ3n) is 3.78. The second-order valence-electron chi connectivity index (χ2n) is 5.25. The van der Waals surface area contributed by atoms with Crippen LogP contribution in [0.3, 0.4) is 0 Å². The molecular weight excluding hydrogens is 282 g/mol. The molecule has 0 bridgehead atoms. The number of nitrogens with zero attached hydrogens (tertiary/aromatic N) is 2. The van der Waals surface area contributed by atoms with Crippen LogP contribution in [0.25, 0.3) is 11.0 Å². The summed E-state index contributed by atoms with van der Waals surface area (Å²) in [5.41, 5.74) is 0.547. The minimum atomic E-state index is -0.469. The Balaban J connectivity index is 2.27. The van der Waals surface area contributed by atoms with Gasteiger partial charge in [0.25, 0.3) is 11.1 Å². The quantitative estimate of drug-likeness (QED) is 0.749. The molecule has 22 heavy (non-hydrogen) atoms. The van der Waals surface area contributed by atoms with Crippen molar-refractivity contribution < 1.29 is 0 Å². The normalized spacial score (nSPS) is 11.0. The van der Waals surface area contributed by atoms with Crippen LogP contribution in [-0.2, 0) is 20.5 Å². The van der Waals surface area contributed by atoms with Crippen molar-refractivity contribution in [1.29, 1.82) is 0 Å². The first-order chi connectivity index (χ1) is 10.5. The lowest BCUT2D eigenvalue weighted by Gasteiger charge is -2.08. The smallest absolute Gasteiger partial charge is 0.307 e. The fourth-order valence-electron chi connectivity index (χ4n) is 2.53. The van der Waals surface area contributed by atoms with Gasteiger partial charge in [0.15, 0.2) is 0 Å². The van der Waals surface area contributed by atoms with Gasteiger partial charge in [0.05, 0.1) is 5.39 Å². The second kappa shape index (κ2) is 5.14. The Morgan fingerprint density at radius 3 is 2.36 bits per heavy atom. The summed E-state index contributed by atoms with van der Waals surface area (Å²) in [6.45, 7) is 0. The molecule has 0 spiro atoms. The van der Waals surface area contributed by atoms with Crippen molar-refractivity contribution in [2.75, 3.05) is 0 Å². The molecule has 0 aliphatic heterocycles. The molecule has 3 aromatic rings. The molecule has 0 atom stereocenters. The number of aryl methyl sites for hydroxylation is 1. The molecule has 6 nitrogen and oxygen atoms in total. The summed E-state index contributed by atoms with van der Waals surface area (Å²) in [4.78, 5) is 39.0. The Morgan fingerprint density at radius 1 is 1.00 bits per heavy atom. The van der Waals surface area contributed by atoms with Crippen LogP contribution in [-0.4, -0.2) is 14.1 Å². The zero-order chi connectivity index (χ0) is 15.9. The number of fused-ring (bicyclic) bond motifs is 1. The fourth-order valence-corrected chi connectivity index (χ4v) is 2.53. The number of hydrogen-bond acceptors (Lipinski definition) is 3. The number of rotatable bonds is 2. The van der Waals surface area contributed by atoms with E-state index in [1.165, 1.54) is 18.7 Å². The van der Waals surface area contributed by atoms with E-state index in [-0.39, 0.29) is 11.2 Å². The van der Waals surface area contributed by atoms with Gasteiger partial charge in [-0.2, -0.15) is 0 Å². The summed E-state index contributed by atoms with van der Waals surface area (Å²) < 4.78 is 2.30. The van der Waals surface area contributed by atoms with E-state index in [4.69, 9.17) is 0 Å². The number of benzene rings is 1. The summed E-state index contributed by atoms with van der Waals surface area (Å²) in [7, 11) is 2.95. The van der Waals surface area contributed by atoms with Gasteiger partial charge in [-0.3, -0.25) is 18.7 Å². The Hall–Kier alpha value is -2.89. The van der Waals surface area contributed by atoms with Crippen LogP contribution in [0.15, 0.2) is 50.8 Å². The third kappa shape index (κ3) is 2.18. The second-order valence-corrected chi connectivity index (χ2v) is 5.25. The van der Waals surface area contributed by atoms with Gasteiger partial charge in [-0.1, -0.05) is 30.3 Å². The Morgan fingerprint density at radius 2 is 1.68 bits per heavy atom. The van der Waals surface area contributed by atoms with Crippen molar-refractivity contribution in [2.24, 2.45) is 14.1 Å². The molecule has 1 N–H and O–H groups in total. The molecule has 0 saturated carbocycles. The highest BCUT2D eigenvalue weighted by Crippen LogP contribution is 2.09. The van der Waals surface area contributed by atoms with E-state index < -0.39 is 11.2 Å². The molecule has 0 unspecified atom stereocenters. The molecule has 0 amide bonds. The van der Waals surface area contributed by atoms with Crippen molar-refractivity contribution in [3.05, 3.63) is 78.7 Å². The molecule has 1 aromatic carbocycles. The fraction of sp³-hybridized carbons (Fsp3) is 0.188. The third-order valence-corrected chi connectivity index (χ3v) is 3.78. The molecule has 112 valence electrons. The van der Waals surface area contributed by atoms with Crippen molar-refractivity contribution >= 4 is 11.0 Å². The zero-order valence-electron chi connectivity index (χ0n) is 12.3. The first-order valence-corrected chi connectivity index (χ1v) is 6.85. The molecule has 0 aliphatic rings. The van der Waals surface area contributed by atoms with Crippen LogP contribution in [0.1, 0.15) is 11.1 Å². The lowest BCUT2D eigenvalue weighted by Crippen LogP contribution is -2.38. The number of aromatic nitrogens is 3. The maximum Gasteiger partial charge on any atom is 0.332 e. The predicted octanol–water partition coefficient (Wildman–Crippen LogP) is 0.516. The topological polar surface area (TPSA) is 76.9 Å².